The molecule has 0 fully saturated rings. The molecule has 7 heteroatoms. The molecule has 0 saturated heterocycles. The third kappa shape index (κ3) is 1.85. The summed E-state index contributed by atoms with van der Waals surface area (Å²) in [5.74, 6) is 1.51. The maximum absolute atomic E-state index is 12.8. The molecule has 3 N–H and O–H groups in total. The number of nitrogens with one attached hydrogen (secondary N) is 1. The number of nitrogens with two attached hydrogens (primary N) is 1. The second-order valence-corrected chi connectivity index (χ2v) is 3.32. The second kappa shape index (κ2) is 3.06. The smallest absolute Gasteiger partial charge is 0.255 e. The predicted molar refractivity (Wildman–Crippen MR) is 46.6 cm³/mol. The summed E-state index contributed by atoms with van der Waals surface area (Å²) in [4.78, 5) is 0. The van der Waals surface area contributed by atoms with E-state index < -0.39 is 11.8 Å². The Kier molecular flexibility index (Phi) is 2.38. The molecule has 0 bridgehead atoms. The molecule has 1 atom stereocenters. The van der Waals surface area contributed by atoms with Crippen LogP contribution in [0.2, 0.25) is 0 Å². The highest BCUT2D eigenvalue weighted by molar-refractivity contribution is 7.71. The molecule has 0 spiro atoms. The van der Waals surface area contributed by atoms with Crippen LogP contribution in [0, 0.1) is 4.77 Å². The van der Waals surface area contributed by atoms with E-state index >= 15 is 0 Å². The Morgan fingerprint density at radius 3 is 2.54 bits per heavy atom. The first-order valence-electron chi connectivity index (χ1n) is 3.64. The van der Waals surface area contributed by atoms with Crippen LogP contribution in [0.25, 0.3) is 0 Å². The molecular formula is C6H10F2N4S. The number of halogens is 2. The van der Waals surface area contributed by atoms with Crippen LogP contribution in [0.3, 0.4) is 0 Å². The average molecular weight is 208 g/mol. The van der Waals surface area contributed by atoms with Gasteiger partial charge in [0.1, 0.15) is 0 Å². The van der Waals surface area contributed by atoms with Crippen molar-refractivity contribution in [3.8, 4) is 0 Å². The van der Waals surface area contributed by atoms with Crippen LogP contribution in [-0.4, -0.2) is 20.8 Å². The van der Waals surface area contributed by atoms with E-state index in [2.05, 4.69) is 10.2 Å². The molecule has 1 rings (SSSR count). The minimum atomic E-state index is -2.86. The summed E-state index contributed by atoms with van der Waals surface area (Å²) < 4.78 is 26.8. The van der Waals surface area contributed by atoms with E-state index in [0.29, 0.717) is 0 Å². The van der Waals surface area contributed by atoms with E-state index in [9.17, 15) is 8.78 Å². The monoisotopic (exact) mass is 208 g/mol. The molecule has 0 aliphatic carbocycles. The lowest BCUT2D eigenvalue weighted by Crippen LogP contribution is -2.25. The lowest BCUT2D eigenvalue weighted by molar-refractivity contribution is -0.00549. The highest BCUT2D eigenvalue weighted by atomic mass is 32.1. The van der Waals surface area contributed by atoms with Crippen molar-refractivity contribution in [2.24, 2.45) is 0 Å². The van der Waals surface area contributed by atoms with Gasteiger partial charge in [0.2, 0.25) is 4.77 Å². The van der Waals surface area contributed by atoms with Crippen molar-refractivity contribution in [2.75, 3.05) is 5.84 Å². The largest absolute Gasteiger partial charge is 0.335 e. The Labute approximate surface area is 78.7 Å². The summed E-state index contributed by atoms with van der Waals surface area (Å²) in [6.45, 7) is 2.16. The van der Waals surface area contributed by atoms with Crippen LogP contribution < -0.4 is 5.84 Å². The van der Waals surface area contributed by atoms with Gasteiger partial charge in [0.15, 0.2) is 5.82 Å². The van der Waals surface area contributed by atoms with Crippen LogP contribution in [-0.2, 0) is 0 Å². The quantitative estimate of drug-likeness (QED) is 0.570. The molecule has 1 heterocycles. The number of alkyl halides is 2. The number of aromatic amines is 1. The minimum Gasteiger partial charge on any atom is -0.335 e. The Morgan fingerprint density at radius 2 is 2.23 bits per heavy atom. The molecular weight excluding hydrogens is 198 g/mol. The van der Waals surface area contributed by atoms with Gasteiger partial charge in [-0.25, -0.2) is 13.5 Å². The van der Waals surface area contributed by atoms with Crippen LogP contribution in [0.4, 0.5) is 8.78 Å². The number of nitrogens with zero attached hydrogens (tertiary/aromatic N) is 2. The molecule has 1 aromatic rings. The summed E-state index contributed by atoms with van der Waals surface area (Å²) in [5, 5.41) is 5.97. The Hall–Kier alpha value is -0.980. The van der Waals surface area contributed by atoms with Gasteiger partial charge in [0.25, 0.3) is 5.92 Å². The molecule has 0 radical (unpaired) electrons. The maximum atomic E-state index is 12.8. The van der Waals surface area contributed by atoms with Crippen molar-refractivity contribution in [1.29, 1.82) is 0 Å². The molecule has 13 heavy (non-hydrogen) atoms. The highest BCUT2D eigenvalue weighted by Gasteiger charge is 2.34. The zero-order valence-electron chi connectivity index (χ0n) is 7.21. The zero-order valence-corrected chi connectivity index (χ0v) is 8.03. The summed E-state index contributed by atoms with van der Waals surface area (Å²) in [5.41, 5.74) is 0. The molecule has 0 aromatic carbocycles. The maximum Gasteiger partial charge on any atom is 0.255 e. The van der Waals surface area contributed by atoms with E-state index in [1.54, 1.807) is 0 Å². The van der Waals surface area contributed by atoms with Gasteiger partial charge >= 0.3 is 0 Å². The Balaban J connectivity index is 3.09. The van der Waals surface area contributed by atoms with Crippen LogP contribution >= 0.6 is 12.2 Å². The zero-order chi connectivity index (χ0) is 10.2. The number of hydrogen-bond donors (Lipinski definition) is 2. The SMILES string of the molecule is CC(c1n[nH]c(=S)n1N)C(C)(F)F. The van der Waals surface area contributed by atoms with Crippen LogP contribution in [0.5, 0.6) is 0 Å². The normalized spacial score (nSPS) is 14.5. The topological polar surface area (TPSA) is 59.6 Å². The van der Waals surface area contributed by atoms with E-state index in [1.807, 2.05) is 0 Å². The summed E-state index contributed by atoms with van der Waals surface area (Å²) in [6, 6.07) is 0. The molecule has 1 aromatic heterocycles. The van der Waals surface area contributed by atoms with E-state index in [0.717, 1.165) is 11.6 Å². The van der Waals surface area contributed by atoms with Crippen molar-refractivity contribution in [3.05, 3.63) is 10.6 Å². The van der Waals surface area contributed by atoms with Crippen molar-refractivity contribution < 1.29 is 8.78 Å². The number of aromatic nitrogens is 3. The fourth-order valence-electron chi connectivity index (χ4n) is 0.849. The molecule has 0 aliphatic rings. The van der Waals surface area contributed by atoms with Crippen molar-refractivity contribution in [3.63, 3.8) is 0 Å². The first kappa shape index (κ1) is 10.1. The highest BCUT2D eigenvalue weighted by Crippen LogP contribution is 2.30. The Bertz CT molecular complexity index is 350. The van der Waals surface area contributed by atoms with Gasteiger partial charge in [-0.2, -0.15) is 5.10 Å². The lowest BCUT2D eigenvalue weighted by atomic mass is 10.1. The molecule has 4 nitrogen and oxygen atoms in total. The molecule has 1 unspecified atom stereocenters. The minimum absolute atomic E-state index is 0.0532. The standard InChI is InChI=1S/C6H10F2N4S/c1-3(6(2,7)8)4-10-11-5(13)12(4)9/h3H,9H2,1-2H3,(H,11,13). The number of nitrogen functional groups attached to an aromatic ring is 1. The first-order chi connectivity index (χ1) is 5.84. The fraction of sp³-hybridized carbons (Fsp3) is 0.667. The Morgan fingerprint density at radius 1 is 1.69 bits per heavy atom. The average Bonchev–Trinajstić information content (AvgIpc) is 2.30. The van der Waals surface area contributed by atoms with Crippen molar-refractivity contribution in [1.82, 2.24) is 14.9 Å². The van der Waals surface area contributed by atoms with Crippen LogP contribution in [0.15, 0.2) is 0 Å². The second-order valence-electron chi connectivity index (χ2n) is 2.93. The van der Waals surface area contributed by atoms with Gasteiger partial charge in [0, 0.05) is 6.92 Å². The number of hydrogen-bond acceptors (Lipinski definition) is 3. The van der Waals surface area contributed by atoms with Gasteiger partial charge in [-0.1, -0.05) is 0 Å². The molecule has 0 saturated carbocycles. The van der Waals surface area contributed by atoms with Crippen molar-refractivity contribution >= 4 is 12.2 Å². The third-order valence-electron chi connectivity index (χ3n) is 1.88. The number of rotatable bonds is 2. The van der Waals surface area contributed by atoms with Gasteiger partial charge < -0.3 is 5.84 Å². The third-order valence-corrected chi connectivity index (χ3v) is 2.17. The van der Waals surface area contributed by atoms with Crippen LogP contribution in [0.1, 0.15) is 25.6 Å². The van der Waals surface area contributed by atoms with Gasteiger partial charge in [-0.3, -0.25) is 5.10 Å². The van der Waals surface area contributed by atoms with Gasteiger partial charge in [-0.05, 0) is 19.1 Å². The van der Waals surface area contributed by atoms with E-state index in [4.69, 9.17) is 18.1 Å². The van der Waals surface area contributed by atoms with Gasteiger partial charge in [-0.15, -0.1) is 0 Å². The molecule has 0 amide bonds. The summed E-state index contributed by atoms with van der Waals surface area (Å²) in [7, 11) is 0. The fourth-order valence-corrected chi connectivity index (χ4v) is 0.988. The molecule has 0 aliphatic heterocycles. The summed E-state index contributed by atoms with van der Waals surface area (Å²) >= 11 is 4.69. The van der Waals surface area contributed by atoms with E-state index in [1.165, 1.54) is 6.92 Å². The molecule has 74 valence electrons. The number of H-pyrrole nitrogens is 1. The van der Waals surface area contributed by atoms with Gasteiger partial charge in [0.05, 0.1) is 5.92 Å². The summed E-state index contributed by atoms with van der Waals surface area (Å²) in [6.07, 6.45) is 0. The predicted octanol–water partition coefficient (Wildman–Crippen LogP) is 1.41. The lowest BCUT2D eigenvalue weighted by Gasteiger charge is -2.17. The van der Waals surface area contributed by atoms with E-state index in [-0.39, 0.29) is 10.6 Å². The first-order valence-corrected chi connectivity index (χ1v) is 4.05. The van der Waals surface area contributed by atoms with Crippen molar-refractivity contribution in [2.45, 2.75) is 25.7 Å².